The summed E-state index contributed by atoms with van der Waals surface area (Å²) in [7, 11) is 4.63. The van der Waals surface area contributed by atoms with Crippen LogP contribution in [0.2, 0.25) is 0 Å². The zero-order valence-electron chi connectivity index (χ0n) is 42.6. The first-order valence-corrected chi connectivity index (χ1v) is 25.0. The lowest BCUT2D eigenvalue weighted by Gasteiger charge is -2.42. The normalized spacial score (nSPS) is 39.1. The Bertz CT molecular complexity index is 1840. The fourth-order valence-corrected chi connectivity index (χ4v) is 10.5. The van der Waals surface area contributed by atoms with E-state index in [1.165, 1.54) is 12.0 Å². The van der Waals surface area contributed by atoms with Crippen LogP contribution >= 0.6 is 0 Å². The van der Waals surface area contributed by atoms with Crippen LogP contribution in [0.5, 0.6) is 0 Å². The molecule has 382 valence electrons. The number of carbonyl (C=O) groups excluding carboxylic acids is 5. The highest BCUT2D eigenvalue weighted by Crippen LogP contribution is 2.38. The van der Waals surface area contributed by atoms with E-state index in [9.17, 15) is 34.2 Å². The molecular formula is C54H83NO13. The summed E-state index contributed by atoms with van der Waals surface area (Å²) in [5.41, 5.74) is 1.28. The van der Waals surface area contributed by atoms with Crippen LogP contribution in [-0.2, 0) is 52.4 Å². The van der Waals surface area contributed by atoms with Gasteiger partial charge in [-0.15, -0.1) is 6.58 Å². The summed E-state index contributed by atoms with van der Waals surface area (Å²) in [5.74, 6) is -7.81. The van der Waals surface area contributed by atoms with E-state index in [1.807, 2.05) is 58.1 Å². The highest BCUT2D eigenvalue weighted by Gasteiger charge is 2.53. The molecule has 68 heavy (non-hydrogen) atoms. The molecule has 2 saturated heterocycles. The molecule has 1 amide bonds. The smallest absolute Gasteiger partial charge is 0.329 e. The Morgan fingerprint density at radius 1 is 0.882 bits per heavy atom. The van der Waals surface area contributed by atoms with E-state index in [4.69, 9.17) is 28.4 Å². The molecule has 0 spiro atoms. The first-order chi connectivity index (χ1) is 32.3. The van der Waals surface area contributed by atoms with E-state index >= 15 is 0 Å². The van der Waals surface area contributed by atoms with Gasteiger partial charge < -0.3 is 43.5 Å². The number of aliphatic hydroxyl groups is 2. The maximum Gasteiger partial charge on any atom is 0.329 e. The topological polar surface area (TPSA) is 184 Å². The summed E-state index contributed by atoms with van der Waals surface area (Å²) >= 11 is 0. The van der Waals surface area contributed by atoms with Crippen molar-refractivity contribution < 1.29 is 62.6 Å². The van der Waals surface area contributed by atoms with Gasteiger partial charge in [-0.1, -0.05) is 77.2 Å². The van der Waals surface area contributed by atoms with Crippen LogP contribution in [0.4, 0.5) is 0 Å². The number of carbonyl (C=O) groups is 5. The van der Waals surface area contributed by atoms with E-state index < -0.39 is 77.8 Å². The van der Waals surface area contributed by atoms with E-state index in [1.54, 1.807) is 47.1 Å². The first-order valence-electron chi connectivity index (χ1n) is 25.0. The molecule has 2 N–H and O–H groups in total. The quantitative estimate of drug-likeness (QED) is 0.133. The van der Waals surface area contributed by atoms with Gasteiger partial charge in [-0.3, -0.25) is 19.2 Å². The number of fused-ring (bicyclic) bond motifs is 3. The maximum atomic E-state index is 14.5. The Kier molecular flexibility index (Phi) is 22.7. The van der Waals surface area contributed by atoms with Gasteiger partial charge >= 0.3 is 5.97 Å². The molecule has 0 unspecified atom stereocenters. The van der Waals surface area contributed by atoms with Gasteiger partial charge in [0, 0.05) is 58.5 Å². The number of Topliss-reactive ketones (excluding diaryl/α,β-unsaturated/α-hetero) is 3. The molecule has 3 fully saturated rings. The second-order valence-corrected chi connectivity index (χ2v) is 20.2. The lowest BCUT2D eigenvalue weighted by atomic mass is 9.78. The Labute approximate surface area is 405 Å². The van der Waals surface area contributed by atoms with E-state index in [-0.39, 0.29) is 60.9 Å². The van der Waals surface area contributed by atoms with Crippen molar-refractivity contribution >= 4 is 29.2 Å². The zero-order valence-corrected chi connectivity index (χ0v) is 42.6. The predicted molar refractivity (Wildman–Crippen MR) is 259 cm³/mol. The number of methoxy groups -OCH3 is 3. The molecule has 2 bridgehead atoms. The van der Waals surface area contributed by atoms with Crippen molar-refractivity contribution in [3.05, 3.63) is 60.3 Å². The highest BCUT2D eigenvalue weighted by molar-refractivity contribution is 6.39. The fraction of sp³-hybridized carbons (Fsp3) is 0.722. The number of aliphatic hydroxyl groups excluding tert-OH is 1. The number of esters is 1. The average molecular weight is 954 g/mol. The number of ketones is 3. The number of ether oxygens (including phenoxy) is 6. The van der Waals surface area contributed by atoms with Crippen molar-refractivity contribution in [1.82, 2.24) is 4.90 Å². The molecule has 3 heterocycles. The van der Waals surface area contributed by atoms with Crippen molar-refractivity contribution in [1.29, 1.82) is 0 Å². The molecule has 0 radical (unpaired) electrons. The number of nitrogens with zero attached hydrogens (tertiary/aromatic N) is 1. The molecule has 1 aliphatic carbocycles. The first kappa shape index (κ1) is 57.0. The van der Waals surface area contributed by atoms with Crippen LogP contribution in [0.3, 0.4) is 0 Å². The Morgan fingerprint density at radius 3 is 2.29 bits per heavy atom. The Hall–Kier alpha value is -3.63. The van der Waals surface area contributed by atoms with Gasteiger partial charge in [0.25, 0.3) is 11.7 Å². The van der Waals surface area contributed by atoms with Crippen molar-refractivity contribution in [2.45, 2.75) is 180 Å². The number of piperidine rings is 1. The molecular weight excluding hydrogens is 871 g/mol. The van der Waals surface area contributed by atoms with E-state index in [2.05, 4.69) is 6.58 Å². The third kappa shape index (κ3) is 15.2. The van der Waals surface area contributed by atoms with Crippen LogP contribution < -0.4 is 0 Å². The molecule has 0 aromatic heterocycles. The molecule has 0 aromatic carbocycles. The largest absolute Gasteiger partial charge is 0.460 e. The number of allylic oxidation sites excluding steroid dienone is 6. The minimum Gasteiger partial charge on any atom is -0.460 e. The zero-order chi connectivity index (χ0) is 50.3. The van der Waals surface area contributed by atoms with E-state index in [0.29, 0.717) is 63.5 Å². The molecule has 4 aliphatic rings. The highest BCUT2D eigenvalue weighted by atomic mass is 16.6. The third-order valence-electron chi connectivity index (χ3n) is 14.9. The van der Waals surface area contributed by atoms with Gasteiger partial charge in [-0.25, -0.2) is 4.79 Å². The summed E-state index contributed by atoms with van der Waals surface area (Å²) in [6.07, 6.45) is 14.2. The van der Waals surface area contributed by atoms with Gasteiger partial charge in [0.15, 0.2) is 5.78 Å². The Balaban J connectivity index is 1.70. The number of hydrogen-bond donors (Lipinski definition) is 2. The number of cyclic esters (lactones) is 1. The number of rotatable bonds is 9. The number of amides is 1. The minimum atomic E-state index is -2.43. The van der Waals surface area contributed by atoms with Crippen LogP contribution in [0.15, 0.2) is 60.3 Å². The fourth-order valence-electron chi connectivity index (χ4n) is 10.5. The second kappa shape index (κ2) is 27.1. The molecule has 1 saturated carbocycles. The molecule has 4 rings (SSSR count). The van der Waals surface area contributed by atoms with Crippen LogP contribution in [0, 0.1) is 35.5 Å². The van der Waals surface area contributed by atoms with Crippen molar-refractivity contribution in [2.24, 2.45) is 35.5 Å². The standard InChI is InChI=1S/C54H83NO13/c1-12-26-66-44-24-22-40(30-47(44)64-10)29-36(5)46-32-43(56)35(4)28-38(7)49(58)50(65-11)48(57)37(6)27-33(2)18-14-13-15-19-34(3)45(63-9)31-41-23-21-39(8)54(62,68-41)51(59)52(60)55-25-17-16-20-42(55)53(61)67-46/h12-15,18-19,28,33,35-37,39-42,44-47,49-50,58,62H,1,16-17,20-27,29-32H2,2-11H3/b15-13+,18-14+,34-19+,38-28+/t33-,35-,36-,37-,39-,40+,41+,42+,44-,45+,46+,47-,49-,50+,54-/m1/s1. The number of hydrogen-bond acceptors (Lipinski definition) is 13. The average Bonchev–Trinajstić information content (AvgIpc) is 3.32. The third-order valence-corrected chi connectivity index (χ3v) is 14.9. The van der Waals surface area contributed by atoms with Gasteiger partial charge in [0.05, 0.1) is 31.0 Å². The van der Waals surface area contributed by atoms with Crippen LogP contribution in [-0.4, -0.2) is 133 Å². The van der Waals surface area contributed by atoms with Gasteiger partial charge in [0.1, 0.15) is 30.1 Å². The summed E-state index contributed by atoms with van der Waals surface area (Å²) in [4.78, 5) is 72.2. The van der Waals surface area contributed by atoms with Crippen molar-refractivity contribution in [2.75, 3.05) is 34.5 Å². The molecule has 14 heteroatoms. The lowest BCUT2D eigenvalue weighted by molar-refractivity contribution is -0.265. The predicted octanol–water partition coefficient (Wildman–Crippen LogP) is 7.39. The minimum absolute atomic E-state index is 0.0209. The molecule has 0 aromatic rings. The van der Waals surface area contributed by atoms with Crippen LogP contribution in [0.25, 0.3) is 0 Å². The van der Waals surface area contributed by atoms with Gasteiger partial charge in [-0.2, -0.15) is 0 Å². The molecule has 15 atom stereocenters. The Morgan fingerprint density at radius 2 is 1.62 bits per heavy atom. The summed E-state index contributed by atoms with van der Waals surface area (Å²) in [6, 6.07) is -1.13. The summed E-state index contributed by atoms with van der Waals surface area (Å²) in [5, 5.41) is 23.5. The summed E-state index contributed by atoms with van der Waals surface area (Å²) in [6.45, 7) is 17.0. The monoisotopic (exact) mass is 954 g/mol. The molecule has 14 nitrogen and oxygen atoms in total. The van der Waals surface area contributed by atoms with Crippen molar-refractivity contribution in [3.8, 4) is 0 Å². The van der Waals surface area contributed by atoms with E-state index in [0.717, 1.165) is 18.4 Å². The van der Waals surface area contributed by atoms with Gasteiger partial charge in [0.2, 0.25) is 5.79 Å². The SMILES string of the molecule is C=CCO[C@@H]1CC[C@@H](C[C@@H](C)[C@@H]2CC(=O)[C@H](C)/C=C(\C)[C@@H](O)[C@@H](OC)C(=O)[C@H](C)C[C@H](C)/C=C/C=C/C=C(\C)[C@@H](OC)C[C@@H]3CC[C@@H](C)[C@@](O)(O3)C(=O)C(=O)N3CCCC[C@H]3C(=O)O2)C[C@H]1OC. The second-order valence-electron chi connectivity index (χ2n) is 20.2. The lowest BCUT2D eigenvalue weighted by Crippen LogP contribution is -2.61. The van der Waals surface area contributed by atoms with Crippen LogP contribution in [0.1, 0.15) is 126 Å². The summed E-state index contributed by atoms with van der Waals surface area (Å²) < 4.78 is 35.8. The van der Waals surface area contributed by atoms with Crippen molar-refractivity contribution in [3.63, 3.8) is 0 Å². The molecule has 3 aliphatic heterocycles. The maximum absolute atomic E-state index is 14.5. The van der Waals surface area contributed by atoms with Gasteiger partial charge in [-0.05, 0) is 107 Å².